The van der Waals surface area contributed by atoms with E-state index < -0.39 is 0 Å². The maximum Gasteiger partial charge on any atom is 0.119 e. The molecule has 1 unspecified atom stereocenters. The summed E-state index contributed by atoms with van der Waals surface area (Å²) in [5, 5.41) is 0. The number of rotatable bonds is 5. The van der Waals surface area contributed by atoms with Gasteiger partial charge in [-0.1, -0.05) is 18.2 Å². The van der Waals surface area contributed by atoms with E-state index in [-0.39, 0.29) is 6.04 Å². The molecule has 1 atom stereocenters. The summed E-state index contributed by atoms with van der Waals surface area (Å²) in [6.07, 6.45) is 0.842. The second-order valence-corrected chi connectivity index (χ2v) is 5.32. The van der Waals surface area contributed by atoms with Crippen LogP contribution in [0.15, 0.2) is 42.5 Å². The average molecular weight is 247 g/mol. The number of para-hydroxylation sites is 1. The minimum atomic E-state index is 0.0809. The van der Waals surface area contributed by atoms with Crippen LogP contribution in [0.25, 0.3) is 0 Å². The van der Waals surface area contributed by atoms with Crippen LogP contribution in [0.4, 0.5) is 0 Å². The number of thiophene rings is 1. The first kappa shape index (κ1) is 12.1. The van der Waals surface area contributed by atoms with Gasteiger partial charge in [-0.15, -0.1) is 11.3 Å². The summed E-state index contributed by atoms with van der Waals surface area (Å²) in [5.74, 6) is 0.905. The van der Waals surface area contributed by atoms with Crippen LogP contribution in [-0.4, -0.2) is 6.61 Å². The van der Waals surface area contributed by atoms with Gasteiger partial charge in [-0.25, -0.2) is 0 Å². The Hall–Kier alpha value is -1.32. The summed E-state index contributed by atoms with van der Waals surface area (Å²) in [6.45, 7) is 2.75. The zero-order valence-corrected chi connectivity index (χ0v) is 10.7. The lowest BCUT2D eigenvalue weighted by molar-refractivity contribution is 0.299. The van der Waals surface area contributed by atoms with Crippen LogP contribution in [0.2, 0.25) is 0 Å². The predicted molar refractivity (Wildman–Crippen MR) is 72.5 cm³/mol. The topological polar surface area (TPSA) is 35.2 Å². The number of aryl methyl sites for hydroxylation is 1. The Kier molecular flexibility index (Phi) is 4.18. The zero-order valence-electron chi connectivity index (χ0n) is 9.93. The molecule has 1 aromatic carbocycles. The van der Waals surface area contributed by atoms with Crippen LogP contribution in [0, 0.1) is 6.92 Å². The summed E-state index contributed by atoms with van der Waals surface area (Å²) < 4.78 is 5.63. The molecular weight excluding hydrogens is 230 g/mol. The molecule has 2 aromatic rings. The maximum atomic E-state index is 6.10. The Morgan fingerprint density at radius 3 is 2.59 bits per heavy atom. The van der Waals surface area contributed by atoms with Gasteiger partial charge in [0.2, 0.25) is 0 Å². The minimum absolute atomic E-state index is 0.0809. The number of nitrogens with two attached hydrogens (primary N) is 1. The minimum Gasteiger partial charge on any atom is -0.494 e. The van der Waals surface area contributed by atoms with Crippen LogP contribution < -0.4 is 10.5 Å². The lowest BCUT2D eigenvalue weighted by atomic mass is 10.2. The lowest BCUT2D eigenvalue weighted by Crippen LogP contribution is -2.12. The Morgan fingerprint density at radius 1 is 1.18 bits per heavy atom. The average Bonchev–Trinajstić information content (AvgIpc) is 2.77. The number of hydrogen-bond acceptors (Lipinski definition) is 3. The molecule has 17 heavy (non-hydrogen) atoms. The smallest absolute Gasteiger partial charge is 0.119 e. The van der Waals surface area contributed by atoms with Gasteiger partial charge in [0.05, 0.1) is 6.61 Å². The van der Waals surface area contributed by atoms with Crippen molar-refractivity contribution in [2.75, 3.05) is 6.61 Å². The Labute approximate surface area is 106 Å². The SMILES string of the molecule is Cc1ccc(C(N)CCOc2ccccc2)s1. The molecule has 0 aliphatic heterocycles. The van der Waals surface area contributed by atoms with Crippen LogP contribution in [-0.2, 0) is 0 Å². The molecule has 0 fully saturated rings. The second-order valence-electron chi connectivity index (χ2n) is 4.01. The van der Waals surface area contributed by atoms with Crippen molar-refractivity contribution >= 4 is 11.3 Å². The van der Waals surface area contributed by atoms with Gasteiger partial charge in [-0.2, -0.15) is 0 Å². The van der Waals surface area contributed by atoms with Crippen LogP contribution in [0.5, 0.6) is 5.75 Å². The Balaban J connectivity index is 1.79. The first-order chi connectivity index (χ1) is 8.25. The van der Waals surface area contributed by atoms with Crippen molar-refractivity contribution in [3.63, 3.8) is 0 Å². The fourth-order valence-corrected chi connectivity index (χ4v) is 2.53. The van der Waals surface area contributed by atoms with Gasteiger partial charge >= 0.3 is 0 Å². The van der Waals surface area contributed by atoms with Gasteiger partial charge in [0, 0.05) is 22.2 Å². The number of hydrogen-bond donors (Lipinski definition) is 1. The molecule has 3 heteroatoms. The summed E-state index contributed by atoms with van der Waals surface area (Å²) >= 11 is 1.76. The molecule has 0 bridgehead atoms. The van der Waals surface area contributed by atoms with Crippen molar-refractivity contribution in [3.8, 4) is 5.75 Å². The van der Waals surface area contributed by atoms with Crippen molar-refractivity contribution < 1.29 is 4.74 Å². The summed E-state index contributed by atoms with van der Waals surface area (Å²) in [7, 11) is 0. The van der Waals surface area contributed by atoms with Crippen molar-refractivity contribution in [2.24, 2.45) is 5.73 Å². The maximum absolute atomic E-state index is 6.10. The van der Waals surface area contributed by atoms with Crippen molar-refractivity contribution in [3.05, 3.63) is 52.2 Å². The van der Waals surface area contributed by atoms with Crippen LogP contribution in [0.3, 0.4) is 0 Å². The van der Waals surface area contributed by atoms with E-state index in [2.05, 4.69) is 19.1 Å². The monoisotopic (exact) mass is 247 g/mol. The lowest BCUT2D eigenvalue weighted by Gasteiger charge is -2.10. The molecule has 0 saturated carbocycles. The van der Waals surface area contributed by atoms with E-state index in [0.29, 0.717) is 6.61 Å². The Morgan fingerprint density at radius 2 is 1.94 bits per heavy atom. The molecular formula is C14H17NOS. The largest absolute Gasteiger partial charge is 0.494 e. The number of benzene rings is 1. The van der Waals surface area contributed by atoms with Gasteiger partial charge in [0.15, 0.2) is 0 Å². The van der Waals surface area contributed by atoms with E-state index in [0.717, 1.165) is 12.2 Å². The third kappa shape index (κ3) is 3.58. The quantitative estimate of drug-likeness (QED) is 0.877. The van der Waals surface area contributed by atoms with Crippen molar-refractivity contribution in [2.45, 2.75) is 19.4 Å². The normalized spacial score (nSPS) is 12.4. The van der Waals surface area contributed by atoms with Gasteiger partial charge in [-0.3, -0.25) is 0 Å². The highest BCUT2D eigenvalue weighted by Crippen LogP contribution is 2.23. The van der Waals surface area contributed by atoms with E-state index in [1.165, 1.54) is 9.75 Å². The Bertz CT molecular complexity index is 452. The van der Waals surface area contributed by atoms with Gasteiger partial charge < -0.3 is 10.5 Å². The standard InChI is InChI=1S/C14H17NOS/c1-11-7-8-14(17-11)13(15)9-10-16-12-5-3-2-4-6-12/h2-8,13H,9-10,15H2,1H3. The fraction of sp³-hybridized carbons (Fsp3) is 0.286. The predicted octanol–water partition coefficient (Wildman–Crippen LogP) is 3.53. The summed E-state index contributed by atoms with van der Waals surface area (Å²) in [6, 6.07) is 14.1. The molecule has 90 valence electrons. The van der Waals surface area contributed by atoms with Crippen LogP contribution >= 0.6 is 11.3 Å². The van der Waals surface area contributed by atoms with E-state index in [9.17, 15) is 0 Å². The molecule has 2 N–H and O–H groups in total. The van der Waals surface area contributed by atoms with Gasteiger partial charge in [0.1, 0.15) is 5.75 Å². The zero-order chi connectivity index (χ0) is 12.1. The second kappa shape index (κ2) is 5.84. The molecule has 2 rings (SSSR count). The highest BCUT2D eigenvalue weighted by molar-refractivity contribution is 7.12. The fourth-order valence-electron chi connectivity index (χ4n) is 1.62. The summed E-state index contributed by atoms with van der Waals surface area (Å²) in [4.78, 5) is 2.54. The molecule has 0 saturated heterocycles. The first-order valence-corrected chi connectivity index (χ1v) is 6.57. The molecule has 0 amide bonds. The molecule has 2 nitrogen and oxygen atoms in total. The van der Waals surface area contributed by atoms with Gasteiger partial charge in [0.25, 0.3) is 0 Å². The van der Waals surface area contributed by atoms with E-state index >= 15 is 0 Å². The highest BCUT2D eigenvalue weighted by atomic mass is 32.1. The molecule has 1 aromatic heterocycles. The molecule has 0 aliphatic rings. The van der Waals surface area contributed by atoms with E-state index in [4.69, 9.17) is 10.5 Å². The highest BCUT2D eigenvalue weighted by Gasteiger charge is 2.08. The van der Waals surface area contributed by atoms with Gasteiger partial charge in [-0.05, 0) is 31.2 Å². The van der Waals surface area contributed by atoms with Crippen molar-refractivity contribution in [1.29, 1.82) is 0 Å². The molecule has 1 heterocycles. The van der Waals surface area contributed by atoms with Crippen molar-refractivity contribution in [1.82, 2.24) is 0 Å². The van der Waals surface area contributed by atoms with E-state index in [1.807, 2.05) is 30.3 Å². The molecule has 0 spiro atoms. The summed E-state index contributed by atoms with van der Waals surface area (Å²) in [5.41, 5.74) is 6.10. The first-order valence-electron chi connectivity index (χ1n) is 5.75. The third-order valence-corrected chi connectivity index (χ3v) is 3.70. The molecule has 0 radical (unpaired) electrons. The third-order valence-electron chi connectivity index (χ3n) is 2.57. The molecule has 0 aliphatic carbocycles. The van der Waals surface area contributed by atoms with Crippen LogP contribution in [0.1, 0.15) is 22.2 Å². The van der Waals surface area contributed by atoms with E-state index in [1.54, 1.807) is 11.3 Å². The number of ether oxygens (including phenoxy) is 1.